The third kappa shape index (κ3) is 3.88. The molecule has 20 heavy (non-hydrogen) atoms. The van der Waals surface area contributed by atoms with Crippen molar-refractivity contribution in [3.8, 4) is 6.07 Å². The van der Waals surface area contributed by atoms with Gasteiger partial charge in [-0.3, -0.25) is 4.79 Å². The first-order valence-corrected chi connectivity index (χ1v) is 7.42. The zero-order chi connectivity index (χ0) is 15.2. The average molecular weight is 313 g/mol. The average Bonchev–Trinajstić information content (AvgIpc) is 2.42. The summed E-state index contributed by atoms with van der Waals surface area (Å²) in [6.45, 7) is 3.92. The Balaban J connectivity index is 3.02. The Bertz CT molecular complexity index is 517. The van der Waals surface area contributed by atoms with E-state index in [4.69, 9.17) is 23.2 Å². The molecule has 1 rings (SSSR count). The van der Waals surface area contributed by atoms with E-state index >= 15 is 0 Å². The third-order valence-corrected chi connectivity index (χ3v) is 3.74. The molecule has 1 aromatic carbocycles. The molecule has 0 fully saturated rings. The first-order chi connectivity index (χ1) is 9.49. The van der Waals surface area contributed by atoms with Crippen molar-refractivity contribution >= 4 is 34.8 Å². The Morgan fingerprint density at radius 2 is 1.90 bits per heavy atom. The molecule has 1 aromatic rings. The van der Waals surface area contributed by atoms with Crippen molar-refractivity contribution in [1.82, 2.24) is 0 Å². The second kappa shape index (κ2) is 7.52. The van der Waals surface area contributed by atoms with Crippen LogP contribution in [-0.4, -0.2) is 5.91 Å². The van der Waals surface area contributed by atoms with Gasteiger partial charge in [0.05, 0.1) is 16.8 Å². The van der Waals surface area contributed by atoms with Gasteiger partial charge < -0.3 is 5.32 Å². The van der Waals surface area contributed by atoms with Gasteiger partial charge in [0.25, 0.3) is 0 Å². The zero-order valence-corrected chi connectivity index (χ0v) is 13.2. The molecule has 0 atom stereocenters. The van der Waals surface area contributed by atoms with E-state index in [0.29, 0.717) is 28.6 Å². The van der Waals surface area contributed by atoms with Crippen LogP contribution in [0.4, 0.5) is 5.69 Å². The number of anilines is 1. The number of nitriles is 1. The Morgan fingerprint density at radius 3 is 2.40 bits per heavy atom. The highest BCUT2D eigenvalue weighted by molar-refractivity contribution is 6.35. The molecule has 0 bridgehead atoms. The van der Waals surface area contributed by atoms with Gasteiger partial charge in [-0.25, -0.2) is 0 Å². The second-order valence-corrected chi connectivity index (χ2v) is 5.62. The van der Waals surface area contributed by atoms with Crippen LogP contribution in [0.5, 0.6) is 0 Å². The summed E-state index contributed by atoms with van der Waals surface area (Å²) in [5, 5.41) is 13.1. The van der Waals surface area contributed by atoms with Crippen LogP contribution in [0.25, 0.3) is 0 Å². The topological polar surface area (TPSA) is 52.9 Å². The van der Waals surface area contributed by atoms with Crippen LogP contribution in [-0.2, 0) is 4.79 Å². The van der Waals surface area contributed by atoms with Crippen molar-refractivity contribution in [2.45, 2.75) is 39.5 Å². The molecule has 0 radical (unpaired) electrons. The smallest absolute Gasteiger partial charge is 0.244 e. The summed E-state index contributed by atoms with van der Waals surface area (Å²) in [7, 11) is 0. The minimum Gasteiger partial charge on any atom is -0.323 e. The number of nitrogens with zero attached hydrogens (tertiary/aromatic N) is 1. The molecule has 3 nitrogen and oxygen atoms in total. The van der Waals surface area contributed by atoms with Gasteiger partial charge in [0.2, 0.25) is 5.91 Å². The molecule has 0 spiro atoms. The Labute approximate surface area is 129 Å². The Hall–Kier alpha value is -1.24. The van der Waals surface area contributed by atoms with Gasteiger partial charge in [-0.15, -0.1) is 0 Å². The summed E-state index contributed by atoms with van der Waals surface area (Å²) in [5.74, 6) is -0.312. The van der Waals surface area contributed by atoms with Crippen molar-refractivity contribution in [3.63, 3.8) is 0 Å². The van der Waals surface area contributed by atoms with E-state index in [-0.39, 0.29) is 5.91 Å². The third-order valence-electron chi connectivity index (χ3n) is 3.18. The van der Waals surface area contributed by atoms with Gasteiger partial charge in [0.15, 0.2) is 0 Å². The fraction of sp³-hybridized carbons (Fsp3) is 0.467. The fourth-order valence-corrected chi connectivity index (χ4v) is 2.54. The van der Waals surface area contributed by atoms with Gasteiger partial charge in [-0.1, -0.05) is 49.9 Å². The number of halogens is 2. The fourth-order valence-electron chi connectivity index (χ4n) is 2.20. The molecule has 0 aliphatic heterocycles. The van der Waals surface area contributed by atoms with E-state index in [2.05, 4.69) is 11.4 Å². The molecule has 1 amide bonds. The van der Waals surface area contributed by atoms with E-state index in [1.165, 1.54) is 0 Å². The number of carbonyl (C=O) groups is 1. The van der Waals surface area contributed by atoms with Crippen molar-refractivity contribution in [1.29, 1.82) is 5.26 Å². The minimum atomic E-state index is -1.00. The van der Waals surface area contributed by atoms with E-state index < -0.39 is 5.41 Å². The standard InChI is InChI=1S/C15H18Cl2N2O/c1-3-7-15(10-18,8-4-2)14(20)19-13-9-11(16)5-6-12(13)17/h5-6,9H,3-4,7-8H2,1-2H3,(H,19,20). The molecule has 108 valence electrons. The summed E-state index contributed by atoms with van der Waals surface area (Å²) in [4.78, 5) is 12.5. The summed E-state index contributed by atoms with van der Waals surface area (Å²) in [6, 6.07) is 7.03. The van der Waals surface area contributed by atoms with Crippen molar-refractivity contribution in [3.05, 3.63) is 28.2 Å². The number of benzene rings is 1. The lowest BCUT2D eigenvalue weighted by Crippen LogP contribution is -2.35. The first-order valence-electron chi connectivity index (χ1n) is 6.67. The summed E-state index contributed by atoms with van der Waals surface area (Å²) in [6.07, 6.45) is 2.59. The largest absolute Gasteiger partial charge is 0.323 e. The molecule has 0 aliphatic carbocycles. The van der Waals surface area contributed by atoms with Gasteiger partial charge in [0, 0.05) is 5.02 Å². The maximum Gasteiger partial charge on any atom is 0.244 e. The van der Waals surface area contributed by atoms with Crippen LogP contribution >= 0.6 is 23.2 Å². The second-order valence-electron chi connectivity index (χ2n) is 4.77. The van der Waals surface area contributed by atoms with Crippen LogP contribution in [0.15, 0.2) is 18.2 Å². The monoisotopic (exact) mass is 312 g/mol. The molecular weight excluding hydrogens is 295 g/mol. The normalized spacial score (nSPS) is 10.9. The predicted molar refractivity (Wildman–Crippen MR) is 83.0 cm³/mol. The maximum atomic E-state index is 12.5. The maximum absolute atomic E-state index is 12.5. The molecule has 0 aromatic heterocycles. The predicted octanol–water partition coefficient (Wildman–Crippen LogP) is 5.04. The summed E-state index contributed by atoms with van der Waals surface area (Å²) >= 11 is 11.9. The van der Waals surface area contributed by atoms with Crippen LogP contribution in [0.3, 0.4) is 0 Å². The molecule has 0 heterocycles. The van der Waals surface area contributed by atoms with E-state index in [1.54, 1.807) is 18.2 Å². The number of rotatable bonds is 6. The molecule has 1 N–H and O–H groups in total. The lowest BCUT2D eigenvalue weighted by Gasteiger charge is -2.24. The lowest BCUT2D eigenvalue weighted by atomic mass is 9.79. The molecule has 0 saturated carbocycles. The SMILES string of the molecule is CCCC(C#N)(CCC)C(=O)Nc1cc(Cl)ccc1Cl. The highest BCUT2D eigenvalue weighted by Gasteiger charge is 2.37. The minimum absolute atomic E-state index is 0.312. The lowest BCUT2D eigenvalue weighted by molar-refractivity contribution is -0.123. The number of nitrogens with one attached hydrogen (secondary N) is 1. The Morgan fingerprint density at radius 1 is 1.30 bits per heavy atom. The molecule has 0 aliphatic rings. The number of hydrogen-bond donors (Lipinski definition) is 1. The van der Waals surface area contributed by atoms with E-state index in [9.17, 15) is 10.1 Å². The molecule has 0 saturated heterocycles. The van der Waals surface area contributed by atoms with Crippen LogP contribution in [0.1, 0.15) is 39.5 Å². The summed E-state index contributed by atoms with van der Waals surface area (Å²) in [5.41, 5.74) is -0.564. The van der Waals surface area contributed by atoms with Crippen LogP contribution < -0.4 is 5.32 Å². The Kier molecular flexibility index (Phi) is 6.32. The van der Waals surface area contributed by atoms with E-state index in [0.717, 1.165) is 12.8 Å². The number of carbonyl (C=O) groups excluding carboxylic acids is 1. The van der Waals surface area contributed by atoms with Gasteiger partial charge in [-0.2, -0.15) is 5.26 Å². The molecular formula is C15H18Cl2N2O. The van der Waals surface area contributed by atoms with Gasteiger partial charge in [0.1, 0.15) is 5.41 Å². The van der Waals surface area contributed by atoms with Gasteiger partial charge >= 0.3 is 0 Å². The summed E-state index contributed by atoms with van der Waals surface area (Å²) < 4.78 is 0. The van der Waals surface area contributed by atoms with Crippen molar-refractivity contribution < 1.29 is 4.79 Å². The van der Waals surface area contributed by atoms with Crippen molar-refractivity contribution in [2.75, 3.05) is 5.32 Å². The van der Waals surface area contributed by atoms with Crippen LogP contribution in [0.2, 0.25) is 10.0 Å². The molecule has 5 heteroatoms. The first kappa shape index (κ1) is 16.8. The van der Waals surface area contributed by atoms with Crippen LogP contribution in [0, 0.1) is 16.7 Å². The number of amides is 1. The van der Waals surface area contributed by atoms with Crippen molar-refractivity contribution in [2.24, 2.45) is 5.41 Å². The number of hydrogen-bond acceptors (Lipinski definition) is 2. The molecule has 0 unspecified atom stereocenters. The van der Waals surface area contributed by atoms with E-state index in [1.807, 2.05) is 13.8 Å². The highest BCUT2D eigenvalue weighted by atomic mass is 35.5. The quantitative estimate of drug-likeness (QED) is 0.799. The zero-order valence-electron chi connectivity index (χ0n) is 11.7. The highest BCUT2D eigenvalue weighted by Crippen LogP contribution is 2.33. The van der Waals surface area contributed by atoms with Gasteiger partial charge in [-0.05, 0) is 31.0 Å².